The summed E-state index contributed by atoms with van der Waals surface area (Å²) in [6.07, 6.45) is 6.77. The smallest absolute Gasteiger partial charge is 0.283 e. The molecule has 9 nitrogen and oxygen atoms in total. The Kier molecular flexibility index (Phi) is 6.83. The summed E-state index contributed by atoms with van der Waals surface area (Å²) < 4.78 is 29.6. The molecule has 1 atom stereocenters. The lowest BCUT2D eigenvalue weighted by Gasteiger charge is -2.40. The number of amides is 1. The number of nitrogens with zero attached hydrogens (tertiary/aromatic N) is 5. The SMILES string of the molecule is C#Cc1ccc2cc(S(=O)(=O)N3CCN(C(=O)c4nc5c(s4)CN(N)CC5)C(CCC#N)C3)sc2c1. The standard InChI is InChI=1S/C24H24N6O3S3/c1-2-16-5-6-17-13-22(34-20(17)12-16)36(32,33)29-10-11-30(18(14-29)4-3-8-25)24(31)23-27-19-7-9-28(26)15-21(19)35-23/h1,5-6,12-13,18H,3-4,7,9-11,14-15,26H2. The molecule has 1 aromatic carbocycles. The van der Waals surface area contributed by atoms with Gasteiger partial charge in [-0.15, -0.1) is 29.1 Å². The van der Waals surface area contributed by atoms with E-state index in [1.54, 1.807) is 22.0 Å². The van der Waals surface area contributed by atoms with E-state index < -0.39 is 16.1 Å². The van der Waals surface area contributed by atoms with Crippen molar-refractivity contribution in [2.24, 2.45) is 5.84 Å². The van der Waals surface area contributed by atoms with Crippen LogP contribution in [0.4, 0.5) is 0 Å². The summed E-state index contributed by atoms with van der Waals surface area (Å²) in [5.74, 6) is 8.27. The van der Waals surface area contributed by atoms with Gasteiger partial charge in [-0.25, -0.2) is 18.4 Å². The third kappa shape index (κ3) is 4.64. The fraction of sp³-hybridized carbons (Fsp3) is 0.375. The van der Waals surface area contributed by atoms with Crippen molar-refractivity contribution in [3.8, 4) is 18.4 Å². The van der Waals surface area contributed by atoms with Gasteiger partial charge in [0.1, 0.15) is 4.21 Å². The number of terminal acetylenes is 1. The van der Waals surface area contributed by atoms with Crippen molar-refractivity contribution in [1.82, 2.24) is 19.2 Å². The number of carbonyl (C=O) groups is 1. The molecule has 1 saturated heterocycles. The Hall–Kier alpha value is -2.84. The number of thiophene rings is 1. The highest BCUT2D eigenvalue weighted by Crippen LogP contribution is 2.33. The molecule has 4 heterocycles. The molecule has 0 radical (unpaired) electrons. The second-order valence-corrected chi connectivity index (χ2v) is 13.1. The molecular formula is C24H24N6O3S3. The normalized spacial score (nSPS) is 19.1. The number of nitriles is 1. The van der Waals surface area contributed by atoms with Gasteiger partial charge in [-0.05, 0) is 30.0 Å². The Bertz CT molecular complexity index is 1510. The molecule has 186 valence electrons. The molecule has 2 aliphatic heterocycles. The molecule has 2 aliphatic rings. The van der Waals surface area contributed by atoms with Crippen molar-refractivity contribution in [2.45, 2.75) is 36.1 Å². The third-order valence-electron chi connectivity index (χ3n) is 6.50. The van der Waals surface area contributed by atoms with E-state index in [1.165, 1.54) is 27.0 Å². The van der Waals surface area contributed by atoms with Crippen molar-refractivity contribution >= 4 is 48.7 Å². The average molecular weight is 541 g/mol. The predicted octanol–water partition coefficient (Wildman–Crippen LogP) is 2.39. The van der Waals surface area contributed by atoms with E-state index in [1.807, 2.05) is 12.1 Å². The Balaban J connectivity index is 1.38. The number of hydrogen-bond donors (Lipinski definition) is 1. The fourth-order valence-corrected chi connectivity index (χ4v) is 8.72. The van der Waals surface area contributed by atoms with E-state index >= 15 is 0 Å². The van der Waals surface area contributed by atoms with E-state index in [0.717, 1.165) is 20.7 Å². The van der Waals surface area contributed by atoms with Gasteiger partial charge in [-0.1, -0.05) is 12.0 Å². The zero-order valence-electron chi connectivity index (χ0n) is 19.4. The number of nitrogens with two attached hydrogens (primary N) is 1. The van der Waals surface area contributed by atoms with E-state index in [0.29, 0.717) is 36.5 Å². The van der Waals surface area contributed by atoms with E-state index in [4.69, 9.17) is 12.3 Å². The molecule has 2 aromatic heterocycles. The number of fused-ring (bicyclic) bond motifs is 2. The minimum atomic E-state index is -3.78. The molecule has 1 unspecified atom stereocenters. The summed E-state index contributed by atoms with van der Waals surface area (Å²) in [6.45, 7) is 1.77. The topological polar surface area (TPSA) is 124 Å². The lowest BCUT2D eigenvalue weighted by Crippen LogP contribution is -2.56. The quantitative estimate of drug-likeness (QED) is 0.389. The maximum absolute atomic E-state index is 13.5. The van der Waals surface area contributed by atoms with Gasteiger partial charge in [-0.3, -0.25) is 10.6 Å². The van der Waals surface area contributed by atoms with Crippen LogP contribution in [0.1, 0.15) is 38.8 Å². The molecule has 2 N–H and O–H groups in total. The van der Waals surface area contributed by atoms with Crippen LogP contribution in [0.3, 0.4) is 0 Å². The monoisotopic (exact) mass is 540 g/mol. The Morgan fingerprint density at radius 2 is 2.08 bits per heavy atom. The van der Waals surface area contributed by atoms with Crippen LogP contribution >= 0.6 is 22.7 Å². The van der Waals surface area contributed by atoms with E-state index in [2.05, 4.69) is 17.0 Å². The first-order valence-electron chi connectivity index (χ1n) is 11.5. The minimum Gasteiger partial charge on any atom is -0.331 e. The first-order valence-corrected chi connectivity index (χ1v) is 14.5. The summed E-state index contributed by atoms with van der Waals surface area (Å²) >= 11 is 2.53. The van der Waals surface area contributed by atoms with Gasteiger partial charge in [0.2, 0.25) is 0 Å². The average Bonchev–Trinajstić information content (AvgIpc) is 3.50. The maximum Gasteiger partial charge on any atom is 0.283 e. The molecular weight excluding hydrogens is 517 g/mol. The van der Waals surface area contributed by atoms with Crippen molar-refractivity contribution in [3.05, 3.63) is 45.4 Å². The molecule has 1 amide bonds. The zero-order valence-corrected chi connectivity index (χ0v) is 21.8. The van der Waals surface area contributed by atoms with Gasteiger partial charge in [0.25, 0.3) is 15.9 Å². The predicted molar refractivity (Wildman–Crippen MR) is 139 cm³/mol. The summed E-state index contributed by atoms with van der Waals surface area (Å²) in [5.41, 5.74) is 1.60. The largest absolute Gasteiger partial charge is 0.331 e. The van der Waals surface area contributed by atoms with Crippen molar-refractivity contribution < 1.29 is 13.2 Å². The van der Waals surface area contributed by atoms with Crippen molar-refractivity contribution in [2.75, 3.05) is 26.2 Å². The number of rotatable bonds is 5. The van der Waals surface area contributed by atoms with E-state index in [9.17, 15) is 18.5 Å². The van der Waals surface area contributed by atoms with Crippen LogP contribution in [-0.4, -0.2) is 65.7 Å². The first-order chi connectivity index (χ1) is 17.3. The Morgan fingerprint density at radius 3 is 2.86 bits per heavy atom. The highest BCUT2D eigenvalue weighted by molar-refractivity contribution is 7.91. The molecule has 5 rings (SSSR count). The van der Waals surface area contributed by atoms with Crippen LogP contribution in [0.25, 0.3) is 10.1 Å². The lowest BCUT2D eigenvalue weighted by molar-refractivity contribution is 0.0553. The van der Waals surface area contributed by atoms with Crippen LogP contribution in [0.5, 0.6) is 0 Å². The van der Waals surface area contributed by atoms with Crippen molar-refractivity contribution in [3.63, 3.8) is 0 Å². The van der Waals surface area contributed by atoms with Gasteiger partial charge in [-0.2, -0.15) is 9.57 Å². The van der Waals surface area contributed by atoms with Gasteiger partial charge < -0.3 is 4.90 Å². The zero-order chi connectivity index (χ0) is 25.4. The number of sulfonamides is 1. The second-order valence-electron chi connectivity index (χ2n) is 8.78. The molecule has 12 heteroatoms. The number of aromatic nitrogens is 1. The Labute approximate surface area is 217 Å². The minimum absolute atomic E-state index is 0.126. The molecule has 0 saturated carbocycles. The van der Waals surface area contributed by atoms with Crippen molar-refractivity contribution in [1.29, 1.82) is 5.26 Å². The molecule has 0 bridgehead atoms. The summed E-state index contributed by atoms with van der Waals surface area (Å²) in [4.78, 5) is 20.7. The number of hydrogen-bond acceptors (Lipinski definition) is 9. The highest BCUT2D eigenvalue weighted by Gasteiger charge is 2.38. The molecule has 0 spiro atoms. The highest BCUT2D eigenvalue weighted by atomic mass is 32.2. The number of benzene rings is 1. The van der Waals surface area contributed by atoms with Crippen LogP contribution in [0, 0.1) is 23.7 Å². The lowest BCUT2D eigenvalue weighted by atomic mass is 10.1. The maximum atomic E-state index is 13.5. The van der Waals surface area contributed by atoms with Gasteiger partial charge in [0.05, 0.1) is 11.8 Å². The number of piperazine rings is 1. The fourth-order valence-electron chi connectivity index (χ4n) is 4.57. The van der Waals surface area contributed by atoms with Gasteiger partial charge in [0.15, 0.2) is 5.01 Å². The number of thiazole rings is 1. The number of carbonyl (C=O) groups excluding carboxylic acids is 1. The molecule has 0 aliphatic carbocycles. The molecule has 1 fully saturated rings. The summed E-state index contributed by atoms with van der Waals surface area (Å²) in [5, 5.41) is 12.1. The van der Waals surface area contributed by atoms with Gasteiger partial charge in [0, 0.05) is 66.7 Å². The van der Waals surface area contributed by atoms with E-state index in [-0.39, 0.29) is 36.2 Å². The second kappa shape index (κ2) is 9.90. The number of hydrazine groups is 1. The van der Waals surface area contributed by atoms with Crippen LogP contribution in [0.15, 0.2) is 28.5 Å². The summed E-state index contributed by atoms with van der Waals surface area (Å²) in [7, 11) is -3.78. The summed E-state index contributed by atoms with van der Waals surface area (Å²) in [6, 6.07) is 8.78. The van der Waals surface area contributed by atoms with Crippen LogP contribution in [-0.2, 0) is 23.0 Å². The molecule has 3 aromatic rings. The van der Waals surface area contributed by atoms with Crippen LogP contribution in [0.2, 0.25) is 0 Å². The Morgan fingerprint density at radius 1 is 1.25 bits per heavy atom. The third-order valence-corrected chi connectivity index (χ3v) is 11.0. The van der Waals surface area contributed by atoms with Gasteiger partial charge >= 0.3 is 0 Å². The van der Waals surface area contributed by atoms with Crippen LogP contribution < -0.4 is 5.84 Å². The first kappa shape index (κ1) is 24.8. The molecule has 36 heavy (non-hydrogen) atoms.